The molecule has 0 bridgehead atoms. The minimum absolute atomic E-state index is 0.725. The summed E-state index contributed by atoms with van der Waals surface area (Å²) in [5, 5.41) is 0. The SMILES string of the molecule is CCc1c(CC(CC)CC)cc(C)nc1Oc1c(C)cc(C)cc1C. The monoisotopic (exact) mass is 339 g/mol. The smallest absolute Gasteiger partial charge is 0.222 e. The van der Waals surface area contributed by atoms with Gasteiger partial charge in [-0.3, -0.25) is 0 Å². The second kappa shape index (κ2) is 8.51. The third kappa shape index (κ3) is 4.62. The Morgan fingerprint density at radius 2 is 1.52 bits per heavy atom. The molecule has 0 fully saturated rings. The molecule has 0 aliphatic rings. The second-order valence-corrected chi connectivity index (χ2v) is 7.28. The normalized spacial score (nSPS) is 11.2. The van der Waals surface area contributed by atoms with Crippen LogP contribution >= 0.6 is 0 Å². The van der Waals surface area contributed by atoms with Gasteiger partial charge < -0.3 is 4.74 Å². The molecular weight excluding hydrogens is 306 g/mol. The van der Waals surface area contributed by atoms with Crippen LogP contribution in [-0.4, -0.2) is 4.98 Å². The molecule has 2 nitrogen and oxygen atoms in total. The van der Waals surface area contributed by atoms with Crippen LogP contribution in [0.1, 0.15) is 67.1 Å². The topological polar surface area (TPSA) is 22.1 Å². The van der Waals surface area contributed by atoms with Crippen molar-refractivity contribution in [3.05, 3.63) is 51.7 Å². The molecule has 0 saturated heterocycles. The fourth-order valence-corrected chi connectivity index (χ4v) is 3.69. The van der Waals surface area contributed by atoms with Crippen molar-refractivity contribution in [1.29, 1.82) is 0 Å². The van der Waals surface area contributed by atoms with Crippen LogP contribution in [0.15, 0.2) is 18.2 Å². The maximum atomic E-state index is 6.38. The van der Waals surface area contributed by atoms with Crippen LogP contribution in [0.5, 0.6) is 11.6 Å². The Balaban J connectivity index is 2.46. The van der Waals surface area contributed by atoms with E-state index in [0.29, 0.717) is 0 Å². The van der Waals surface area contributed by atoms with E-state index >= 15 is 0 Å². The number of benzene rings is 1. The highest BCUT2D eigenvalue weighted by atomic mass is 16.5. The van der Waals surface area contributed by atoms with Gasteiger partial charge >= 0.3 is 0 Å². The Morgan fingerprint density at radius 3 is 2.04 bits per heavy atom. The lowest BCUT2D eigenvalue weighted by atomic mass is 9.91. The number of rotatable bonds is 7. The summed E-state index contributed by atoms with van der Waals surface area (Å²) in [7, 11) is 0. The zero-order valence-electron chi connectivity index (χ0n) is 17.0. The highest BCUT2D eigenvalue weighted by Gasteiger charge is 2.17. The first-order valence-electron chi connectivity index (χ1n) is 9.64. The molecule has 2 heteroatoms. The third-order valence-corrected chi connectivity index (χ3v) is 5.13. The van der Waals surface area contributed by atoms with Gasteiger partial charge in [-0.05, 0) is 69.2 Å². The molecule has 0 spiro atoms. The van der Waals surface area contributed by atoms with Crippen LogP contribution in [-0.2, 0) is 12.8 Å². The molecule has 0 aliphatic carbocycles. The molecule has 2 rings (SSSR count). The van der Waals surface area contributed by atoms with Gasteiger partial charge in [0.15, 0.2) is 0 Å². The fourth-order valence-electron chi connectivity index (χ4n) is 3.69. The number of ether oxygens (including phenoxy) is 1. The molecule has 1 aromatic heterocycles. The van der Waals surface area contributed by atoms with E-state index in [9.17, 15) is 0 Å². The summed E-state index contributed by atoms with van der Waals surface area (Å²) in [6.07, 6.45) is 4.49. The third-order valence-electron chi connectivity index (χ3n) is 5.13. The van der Waals surface area contributed by atoms with Crippen LogP contribution < -0.4 is 4.74 Å². The van der Waals surface area contributed by atoms with Crippen molar-refractivity contribution in [3.8, 4) is 11.6 Å². The summed E-state index contributed by atoms with van der Waals surface area (Å²) >= 11 is 0. The van der Waals surface area contributed by atoms with Crippen molar-refractivity contribution in [2.45, 2.75) is 74.1 Å². The Kier molecular flexibility index (Phi) is 6.64. The average molecular weight is 340 g/mol. The lowest BCUT2D eigenvalue weighted by Crippen LogP contribution is -2.08. The zero-order chi connectivity index (χ0) is 18.6. The Morgan fingerprint density at radius 1 is 0.920 bits per heavy atom. The van der Waals surface area contributed by atoms with Gasteiger partial charge in [0, 0.05) is 11.3 Å². The summed E-state index contributed by atoms with van der Waals surface area (Å²) in [6, 6.07) is 6.60. The number of aryl methyl sites for hydroxylation is 4. The Labute approximate surface area is 153 Å². The van der Waals surface area contributed by atoms with Gasteiger partial charge in [0.1, 0.15) is 5.75 Å². The molecule has 0 unspecified atom stereocenters. The van der Waals surface area contributed by atoms with Crippen molar-refractivity contribution in [3.63, 3.8) is 0 Å². The summed E-state index contributed by atoms with van der Waals surface area (Å²) in [4.78, 5) is 4.74. The number of nitrogens with zero attached hydrogens (tertiary/aromatic N) is 1. The molecule has 0 atom stereocenters. The van der Waals surface area contributed by atoms with Crippen molar-refractivity contribution in [1.82, 2.24) is 4.98 Å². The van der Waals surface area contributed by atoms with Gasteiger partial charge in [-0.15, -0.1) is 0 Å². The van der Waals surface area contributed by atoms with E-state index in [4.69, 9.17) is 9.72 Å². The Bertz CT molecular complexity index is 706. The molecular formula is C23H33NO. The molecule has 0 saturated carbocycles. The molecule has 1 aromatic carbocycles. The molecule has 0 aliphatic heterocycles. The lowest BCUT2D eigenvalue weighted by molar-refractivity contribution is 0.443. The van der Waals surface area contributed by atoms with E-state index < -0.39 is 0 Å². The molecule has 0 N–H and O–H groups in total. The van der Waals surface area contributed by atoms with Crippen LogP contribution in [0.4, 0.5) is 0 Å². The minimum atomic E-state index is 0.725. The highest BCUT2D eigenvalue weighted by molar-refractivity contribution is 5.47. The lowest BCUT2D eigenvalue weighted by Gasteiger charge is -2.20. The van der Waals surface area contributed by atoms with E-state index in [1.807, 2.05) is 0 Å². The quantitative estimate of drug-likeness (QED) is 0.563. The molecule has 25 heavy (non-hydrogen) atoms. The van der Waals surface area contributed by atoms with E-state index in [-0.39, 0.29) is 0 Å². The van der Waals surface area contributed by atoms with Crippen LogP contribution in [0.2, 0.25) is 0 Å². The zero-order valence-corrected chi connectivity index (χ0v) is 17.0. The van der Waals surface area contributed by atoms with Gasteiger partial charge in [0.25, 0.3) is 0 Å². The predicted octanol–water partition coefficient (Wildman–Crippen LogP) is 6.65. The first-order chi connectivity index (χ1) is 11.9. The van der Waals surface area contributed by atoms with E-state index in [1.54, 1.807) is 0 Å². The van der Waals surface area contributed by atoms with Crippen molar-refractivity contribution in [2.75, 3.05) is 0 Å². The maximum absolute atomic E-state index is 6.38. The van der Waals surface area contributed by atoms with Crippen LogP contribution in [0.3, 0.4) is 0 Å². The van der Waals surface area contributed by atoms with Gasteiger partial charge in [0.05, 0.1) is 0 Å². The average Bonchev–Trinajstić information content (AvgIpc) is 2.55. The van der Waals surface area contributed by atoms with Crippen molar-refractivity contribution >= 4 is 0 Å². The molecule has 0 amide bonds. The van der Waals surface area contributed by atoms with Gasteiger partial charge in [-0.2, -0.15) is 0 Å². The van der Waals surface area contributed by atoms with E-state index in [1.165, 1.54) is 40.7 Å². The largest absolute Gasteiger partial charge is 0.438 e. The van der Waals surface area contributed by atoms with E-state index in [0.717, 1.165) is 36.1 Å². The predicted molar refractivity (Wildman–Crippen MR) is 107 cm³/mol. The molecule has 136 valence electrons. The first kappa shape index (κ1) is 19.5. The summed E-state index contributed by atoms with van der Waals surface area (Å²) in [5.41, 5.74) is 7.31. The first-order valence-corrected chi connectivity index (χ1v) is 9.64. The molecule has 1 heterocycles. The second-order valence-electron chi connectivity index (χ2n) is 7.28. The number of aromatic nitrogens is 1. The summed E-state index contributed by atoms with van der Waals surface area (Å²) in [5.74, 6) is 2.47. The number of hydrogen-bond acceptors (Lipinski definition) is 2. The number of pyridine rings is 1. The van der Waals surface area contributed by atoms with Crippen LogP contribution in [0, 0.1) is 33.6 Å². The molecule has 0 radical (unpaired) electrons. The van der Waals surface area contributed by atoms with Gasteiger partial charge in [0.2, 0.25) is 5.88 Å². The Hall–Kier alpha value is -1.83. The summed E-state index contributed by atoms with van der Waals surface area (Å²) < 4.78 is 6.38. The minimum Gasteiger partial charge on any atom is -0.438 e. The van der Waals surface area contributed by atoms with Gasteiger partial charge in [-0.1, -0.05) is 51.3 Å². The van der Waals surface area contributed by atoms with Crippen molar-refractivity contribution in [2.24, 2.45) is 5.92 Å². The van der Waals surface area contributed by atoms with Gasteiger partial charge in [-0.25, -0.2) is 4.98 Å². The summed E-state index contributed by atoms with van der Waals surface area (Å²) in [6.45, 7) is 15.2. The van der Waals surface area contributed by atoms with Crippen LogP contribution in [0.25, 0.3) is 0 Å². The standard InChI is InChI=1S/C23H33NO/c1-8-19(9-2)14-20-13-18(7)24-23(21(20)10-3)25-22-16(5)11-15(4)12-17(22)6/h11-13,19H,8-10,14H2,1-7H3. The fraction of sp³-hybridized carbons (Fsp3) is 0.522. The maximum Gasteiger partial charge on any atom is 0.222 e. The molecule has 2 aromatic rings. The number of hydrogen-bond donors (Lipinski definition) is 0. The van der Waals surface area contributed by atoms with Crippen molar-refractivity contribution < 1.29 is 4.74 Å². The van der Waals surface area contributed by atoms with E-state index in [2.05, 4.69) is 66.7 Å². The highest BCUT2D eigenvalue weighted by Crippen LogP contribution is 2.33.